The Labute approximate surface area is 328 Å². The first kappa shape index (κ1) is 38.8. The molecule has 4 atom stereocenters. The Morgan fingerprint density at radius 2 is 1.27 bits per heavy atom. The van der Waals surface area contributed by atoms with Crippen LogP contribution in [0.4, 0.5) is 4.79 Å². The topological polar surface area (TPSA) is 165 Å². The smallest absolute Gasteiger partial charge is 0.407 e. The molecule has 1 aliphatic carbocycles. The number of carbonyl (C=O) groups excluding carboxylic acids is 4. The second-order valence-electron chi connectivity index (χ2n) is 16.4. The van der Waals surface area contributed by atoms with E-state index in [1.165, 1.54) is 7.11 Å². The van der Waals surface area contributed by atoms with E-state index in [0.29, 0.717) is 19.5 Å². The van der Waals surface area contributed by atoms with Gasteiger partial charge in [0.1, 0.15) is 23.7 Å². The molecule has 0 bridgehead atoms. The SMILES string of the molecule is CCC(=O)N[C@H](C(=O)N1CC2(CC2)C[C@H]1c1ncc(-c2ccc(-c3ccc(-c4cnc([C@@H]5CCCN5C(=O)[C@@H](NC(=O)OC)C(C)C)[nH]4)cc3)cc2)[nH]1)C(C)C. The highest BCUT2D eigenvalue weighted by Crippen LogP contribution is 2.58. The lowest BCUT2D eigenvalue weighted by Crippen LogP contribution is -2.51. The number of amides is 4. The van der Waals surface area contributed by atoms with Gasteiger partial charge in [0.25, 0.3) is 0 Å². The molecule has 3 fully saturated rings. The maximum absolute atomic E-state index is 13.9. The van der Waals surface area contributed by atoms with Crippen LogP contribution in [-0.2, 0) is 19.1 Å². The van der Waals surface area contributed by atoms with Crippen molar-refractivity contribution in [3.63, 3.8) is 0 Å². The van der Waals surface area contributed by atoms with Crippen LogP contribution in [0.3, 0.4) is 0 Å². The maximum Gasteiger partial charge on any atom is 0.407 e. The Balaban J connectivity index is 1.02. The van der Waals surface area contributed by atoms with Crippen LogP contribution < -0.4 is 10.6 Å². The van der Waals surface area contributed by atoms with Gasteiger partial charge in [-0.3, -0.25) is 14.4 Å². The van der Waals surface area contributed by atoms with E-state index in [9.17, 15) is 19.2 Å². The number of nitrogens with one attached hydrogen (secondary N) is 4. The molecule has 4 N–H and O–H groups in total. The van der Waals surface area contributed by atoms with Crippen molar-refractivity contribution < 1.29 is 23.9 Å². The quantitative estimate of drug-likeness (QED) is 0.124. The van der Waals surface area contributed by atoms with Gasteiger partial charge in [-0.2, -0.15) is 0 Å². The number of methoxy groups -OCH3 is 1. The van der Waals surface area contributed by atoms with Crippen molar-refractivity contribution in [2.45, 2.75) is 97.3 Å². The van der Waals surface area contributed by atoms with Crippen LogP contribution in [0.2, 0.25) is 0 Å². The standard InChI is InChI=1S/C43H54N8O5/c1-7-35(52)48-36(25(2)3)41(54)51-24-43(18-19-43)21-34(51)39-45-23-32(47-39)30-16-12-28(13-17-30)27-10-14-29(15-11-27)31-22-44-38(46-31)33-9-8-20-50(33)40(53)37(26(4)5)49-42(55)56-6/h10-17,22-23,25-26,33-34,36-37H,7-9,18-21,24H2,1-6H3,(H,44,46)(H,45,47)(H,48,52)(H,49,55)/t33-,34-,36-,37-/m0/s1. The predicted molar refractivity (Wildman–Crippen MR) is 213 cm³/mol. The summed E-state index contributed by atoms with van der Waals surface area (Å²) in [5, 5.41) is 5.66. The molecule has 4 amide bonds. The number of carbonyl (C=O) groups is 4. The van der Waals surface area contributed by atoms with Crippen molar-refractivity contribution in [1.82, 2.24) is 40.4 Å². The highest BCUT2D eigenvalue weighted by atomic mass is 16.5. The molecule has 4 aromatic rings. The van der Waals surface area contributed by atoms with Gasteiger partial charge in [-0.15, -0.1) is 0 Å². The minimum atomic E-state index is -0.684. The predicted octanol–water partition coefficient (Wildman–Crippen LogP) is 6.78. The molecule has 7 rings (SSSR count). The van der Waals surface area contributed by atoms with E-state index in [-0.39, 0.29) is 47.1 Å². The lowest BCUT2D eigenvalue weighted by molar-refractivity contribution is -0.138. The molecule has 1 spiro atoms. The largest absolute Gasteiger partial charge is 0.453 e. The highest BCUT2D eigenvalue weighted by Gasteiger charge is 2.55. The molecule has 56 heavy (non-hydrogen) atoms. The third-order valence-electron chi connectivity index (χ3n) is 11.8. The van der Waals surface area contributed by atoms with Crippen molar-refractivity contribution in [2.75, 3.05) is 20.2 Å². The second-order valence-corrected chi connectivity index (χ2v) is 16.4. The van der Waals surface area contributed by atoms with Crippen molar-refractivity contribution in [2.24, 2.45) is 17.3 Å². The summed E-state index contributed by atoms with van der Waals surface area (Å²) in [6.45, 7) is 10.9. The van der Waals surface area contributed by atoms with Crippen molar-refractivity contribution in [1.29, 1.82) is 0 Å². The fourth-order valence-corrected chi connectivity index (χ4v) is 8.22. The van der Waals surface area contributed by atoms with Crippen molar-refractivity contribution >= 4 is 23.8 Å². The number of rotatable bonds is 12. The number of imidazole rings is 2. The zero-order valence-electron chi connectivity index (χ0n) is 33.2. The second kappa shape index (κ2) is 16.0. The molecule has 296 valence electrons. The van der Waals surface area contributed by atoms with E-state index in [1.54, 1.807) is 6.92 Å². The zero-order valence-corrected chi connectivity index (χ0v) is 33.2. The van der Waals surface area contributed by atoms with Gasteiger partial charge in [0.05, 0.1) is 43.0 Å². The molecule has 13 nitrogen and oxygen atoms in total. The molecule has 4 heterocycles. The molecule has 2 aromatic heterocycles. The summed E-state index contributed by atoms with van der Waals surface area (Å²) in [5.74, 6) is 1.10. The first-order chi connectivity index (χ1) is 26.9. The molecule has 2 aliphatic heterocycles. The fraction of sp³-hybridized carbons (Fsp3) is 0.488. The van der Waals surface area contributed by atoms with E-state index in [1.807, 2.05) is 49.9 Å². The van der Waals surface area contributed by atoms with Gasteiger partial charge < -0.3 is 35.1 Å². The summed E-state index contributed by atoms with van der Waals surface area (Å²) < 4.78 is 4.76. The molecular weight excluding hydrogens is 709 g/mol. The van der Waals surface area contributed by atoms with Crippen LogP contribution in [-0.4, -0.2) is 85.8 Å². The van der Waals surface area contributed by atoms with Gasteiger partial charge >= 0.3 is 6.09 Å². The Morgan fingerprint density at radius 3 is 1.77 bits per heavy atom. The summed E-state index contributed by atoms with van der Waals surface area (Å²) >= 11 is 0. The number of H-pyrrole nitrogens is 2. The normalized spacial score (nSPS) is 19.7. The minimum absolute atomic E-state index is 0.0240. The molecule has 13 heteroatoms. The van der Waals surface area contributed by atoms with E-state index in [4.69, 9.17) is 9.72 Å². The van der Waals surface area contributed by atoms with Gasteiger partial charge in [-0.25, -0.2) is 14.8 Å². The van der Waals surface area contributed by atoms with Crippen molar-refractivity contribution in [3.05, 3.63) is 72.6 Å². The van der Waals surface area contributed by atoms with Crippen LogP contribution in [0.15, 0.2) is 60.9 Å². The number of alkyl carbamates (subject to hydrolysis) is 1. The zero-order chi connectivity index (χ0) is 39.7. The Hall–Kier alpha value is -5.46. The number of aromatic nitrogens is 4. The van der Waals surface area contributed by atoms with E-state index < -0.39 is 18.2 Å². The number of aromatic amines is 2. The average Bonchev–Trinajstić information content (AvgIpc) is 3.73. The monoisotopic (exact) mass is 762 g/mol. The van der Waals surface area contributed by atoms with Crippen LogP contribution in [0.5, 0.6) is 0 Å². The maximum atomic E-state index is 13.9. The number of hydrogen-bond donors (Lipinski definition) is 4. The summed E-state index contributed by atoms with van der Waals surface area (Å²) in [7, 11) is 1.29. The van der Waals surface area contributed by atoms with Gasteiger partial charge in [0.15, 0.2) is 0 Å². The Kier molecular flexibility index (Phi) is 11.1. The first-order valence-electron chi connectivity index (χ1n) is 20.0. The number of benzene rings is 2. The first-order valence-corrected chi connectivity index (χ1v) is 20.0. The average molecular weight is 763 g/mol. The molecule has 3 aliphatic rings. The van der Waals surface area contributed by atoms with E-state index in [0.717, 1.165) is 77.4 Å². The van der Waals surface area contributed by atoms with Crippen LogP contribution >= 0.6 is 0 Å². The van der Waals surface area contributed by atoms with Gasteiger partial charge in [-0.1, -0.05) is 83.1 Å². The molecule has 2 aromatic carbocycles. The molecule has 0 radical (unpaired) electrons. The summed E-state index contributed by atoms with van der Waals surface area (Å²) in [6, 6.07) is 15.0. The highest BCUT2D eigenvalue weighted by molar-refractivity contribution is 5.88. The summed E-state index contributed by atoms with van der Waals surface area (Å²) in [5.41, 5.74) is 6.04. The lowest BCUT2D eigenvalue weighted by Gasteiger charge is -2.30. The van der Waals surface area contributed by atoms with Gasteiger partial charge in [0, 0.05) is 19.5 Å². The third kappa shape index (κ3) is 7.94. The third-order valence-corrected chi connectivity index (χ3v) is 11.8. The number of ether oxygens (including phenoxy) is 1. The van der Waals surface area contributed by atoms with E-state index in [2.05, 4.69) is 74.1 Å². The van der Waals surface area contributed by atoms with Gasteiger partial charge in [0.2, 0.25) is 17.7 Å². The number of nitrogens with zero attached hydrogens (tertiary/aromatic N) is 4. The van der Waals surface area contributed by atoms with Gasteiger partial charge in [-0.05, 0) is 71.6 Å². The lowest BCUT2D eigenvalue weighted by atomic mass is 10.0. The minimum Gasteiger partial charge on any atom is -0.453 e. The fourth-order valence-electron chi connectivity index (χ4n) is 8.22. The van der Waals surface area contributed by atoms with Crippen LogP contribution in [0.25, 0.3) is 33.6 Å². The van der Waals surface area contributed by atoms with Crippen LogP contribution in [0.1, 0.15) is 96.9 Å². The van der Waals surface area contributed by atoms with E-state index >= 15 is 0 Å². The molecule has 0 unspecified atom stereocenters. The summed E-state index contributed by atoms with van der Waals surface area (Å²) in [4.78, 5) is 71.9. The van der Waals surface area contributed by atoms with Crippen molar-refractivity contribution in [3.8, 4) is 33.6 Å². The molecule has 1 saturated carbocycles. The number of likely N-dealkylation sites (tertiary alicyclic amines) is 2. The molecule has 2 saturated heterocycles. The summed E-state index contributed by atoms with van der Waals surface area (Å²) in [6.07, 6.45) is 8.11. The molecular formula is C43H54N8O5. The van der Waals surface area contributed by atoms with Crippen LogP contribution in [0, 0.1) is 17.3 Å². The Bertz CT molecular complexity index is 2050. The number of hydrogen-bond acceptors (Lipinski definition) is 7. The Morgan fingerprint density at radius 1 is 0.768 bits per heavy atom.